The van der Waals surface area contributed by atoms with Crippen LogP contribution < -0.4 is 4.74 Å². The number of fused-ring (bicyclic) bond motifs is 1. The summed E-state index contributed by atoms with van der Waals surface area (Å²) in [6.07, 6.45) is 3.70. The van der Waals surface area contributed by atoms with Gasteiger partial charge >= 0.3 is 5.97 Å². The number of likely N-dealkylation sites (tertiary alicyclic amines) is 1. The van der Waals surface area contributed by atoms with Crippen molar-refractivity contribution in [3.8, 4) is 5.75 Å². The Morgan fingerprint density at radius 1 is 1.43 bits per heavy atom. The molecule has 2 aliphatic heterocycles. The molecule has 2 aliphatic rings. The van der Waals surface area contributed by atoms with Crippen LogP contribution in [0.4, 0.5) is 0 Å². The first kappa shape index (κ1) is 16.6. The highest BCUT2D eigenvalue weighted by molar-refractivity contribution is 6.36. The van der Waals surface area contributed by atoms with Gasteiger partial charge in [0.1, 0.15) is 12.4 Å². The summed E-state index contributed by atoms with van der Waals surface area (Å²) in [7, 11) is 0. The molecule has 3 rings (SSSR count). The summed E-state index contributed by atoms with van der Waals surface area (Å²) in [5, 5.41) is 10.4. The minimum absolute atomic E-state index is 0.0199. The minimum atomic E-state index is -0.708. The van der Waals surface area contributed by atoms with Gasteiger partial charge in [-0.05, 0) is 50.1 Å². The topological polar surface area (TPSA) is 49.8 Å². The standard InChI is InChI=1S/C17H19Cl2NO3/c1-10-14(17(21)22)3-2-4-20(10)8-11-5-12-6-13(18)7-15(19)16(12)23-9-11/h5-7,10,14H,2-4,8-9H2,1H3,(H,21,22)/t10-,14-/m1/s1. The normalized spacial score (nSPS) is 24.6. The number of hydrogen-bond donors (Lipinski definition) is 1. The van der Waals surface area contributed by atoms with E-state index in [9.17, 15) is 9.90 Å². The molecule has 1 N–H and O–H groups in total. The molecule has 0 bridgehead atoms. The van der Waals surface area contributed by atoms with Crippen molar-refractivity contribution in [1.82, 2.24) is 4.90 Å². The number of piperidine rings is 1. The van der Waals surface area contributed by atoms with E-state index in [1.54, 1.807) is 6.07 Å². The second-order valence-corrected chi connectivity index (χ2v) is 7.04. The molecule has 0 saturated carbocycles. The maximum atomic E-state index is 11.3. The van der Waals surface area contributed by atoms with E-state index < -0.39 is 5.97 Å². The Kier molecular flexibility index (Phi) is 4.85. The molecule has 0 amide bonds. The smallest absolute Gasteiger partial charge is 0.308 e. The number of carbonyl (C=O) groups is 1. The maximum absolute atomic E-state index is 11.3. The molecule has 0 unspecified atom stereocenters. The lowest BCUT2D eigenvalue weighted by molar-refractivity contribution is -0.145. The molecule has 0 spiro atoms. The van der Waals surface area contributed by atoms with Crippen LogP contribution in [0.15, 0.2) is 17.7 Å². The van der Waals surface area contributed by atoms with Gasteiger partial charge in [-0.3, -0.25) is 9.69 Å². The van der Waals surface area contributed by atoms with Crippen LogP contribution in [0.1, 0.15) is 25.3 Å². The number of hydrogen-bond acceptors (Lipinski definition) is 3. The van der Waals surface area contributed by atoms with Gasteiger partial charge in [0.25, 0.3) is 0 Å². The number of halogens is 2. The van der Waals surface area contributed by atoms with Crippen molar-refractivity contribution in [3.63, 3.8) is 0 Å². The highest BCUT2D eigenvalue weighted by atomic mass is 35.5. The molecule has 0 aromatic heterocycles. The average molecular weight is 356 g/mol. The van der Waals surface area contributed by atoms with Crippen LogP contribution in [0.25, 0.3) is 6.08 Å². The fraction of sp³-hybridized carbons (Fsp3) is 0.471. The summed E-state index contributed by atoms with van der Waals surface area (Å²) in [6, 6.07) is 3.53. The summed E-state index contributed by atoms with van der Waals surface area (Å²) < 4.78 is 5.77. The minimum Gasteiger partial charge on any atom is -0.487 e. The van der Waals surface area contributed by atoms with Crippen LogP contribution >= 0.6 is 23.2 Å². The van der Waals surface area contributed by atoms with Gasteiger partial charge in [0.2, 0.25) is 0 Å². The van der Waals surface area contributed by atoms with E-state index in [2.05, 4.69) is 4.90 Å². The third-order valence-corrected chi connectivity index (χ3v) is 5.14. The average Bonchev–Trinajstić information content (AvgIpc) is 2.48. The third kappa shape index (κ3) is 3.49. The second kappa shape index (κ2) is 6.71. The zero-order chi connectivity index (χ0) is 16.6. The van der Waals surface area contributed by atoms with Crippen LogP contribution in [-0.2, 0) is 4.79 Å². The number of nitrogens with zero attached hydrogens (tertiary/aromatic N) is 1. The predicted octanol–water partition coefficient (Wildman–Crippen LogP) is 3.95. The van der Waals surface area contributed by atoms with Gasteiger partial charge in [0.15, 0.2) is 0 Å². The molecule has 6 heteroatoms. The van der Waals surface area contributed by atoms with E-state index >= 15 is 0 Å². The van der Waals surface area contributed by atoms with Crippen molar-refractivity contribution < 1.29 is 14.6 Å². The van der Waals surface area contributed by atoms with Crippen LogP contribution in [0.5, 0.6) is 5.75 Å². The molecule has 0 aliphatic carbocycles. The molecule has 4 nitrogen and oxygen atoms in total. The van der Waals surface area contributed by atoms with E-state index in [1.165, 1.54) is 0 Å². The monoisotopic (exact) mass is 355 g/mol. The summed E-state index contributed by atoms with van der Waals surface area (Å²) in [4.78, 5) is 13.6. The molecule has 1 saturated heterocycles. The van der Waals surface area contributed by atoms with E-state index in [1.807, 2.05) is 19.1 Å². The Bertz CT molecular complexity index is 659. The number of ether oxygens (including phenoxy) is 1. The Morgan fingerprint density at radius 2 is 2.22 bits per heavy atom. The summed E-state index contributed by atoms with van der Waals surface area (Å²) in [6.45, 7) is 4.07. The fourth-order valence-electron chi connectivity index (χ4n) is 3.38. The first-order valence-corrected chi connectivity index (χ1v) is 8.49. The molecule has 1 aromatic rings. The van der Waals surface area contributed by atoms with Crippen LogP contribution in [0.3, 0.4) is 0 Å². The lowest BCUT2D eigenvalue weighted by atomic mass is 9.90. The van der Waals surface area contributed by atoms with Crippen LogP contribution in [0.2, 0.25) is 10.0 Å². The van der Waals surface area contributed by atoms with Gasteiger partial charge in [-0.15, -0.1) is 0 Å². The lowest BCUT2D eigenvalue weighted by Crippen LogP contribution is -2.47. The molecule has 124 valence electrons. The van der Waals surface area contributed by atoms with Gasteiger partial charge in [0, 0.05) is 23.2 Å². The van der Waals surface area contributed by atoms with Crippen molar-refractivity contribution in [2.24, 2.45) is 5.92 Å². The number of rotatable bonds is 3. The maximum Gasteiger partial charge on any atom is 0.308 e. The second-order valence-electron chi connectivity index (χ2n) is 6.20. The first-order valence-electron chi connectivity index (χ1n) is 7.74. The zero-order valence-electron chi connectivity index (χ0n) is 12.9. The highest BCUT2D eigenvalue weighted by Crippen LogP contribution is 2.37. The Hall–Kier alpha value is -1.23. The summed E-state index contributed by atoms with van der Waals surface area (Å²) >= 11 is 12.2. The van der Waals surface area contributed by atoms with Gasteiger partial charge < -0.3 is 9.84 Å². The van der Waals surface area contributed by atoms with Gasteiger partial charge in [0.05, 0.1) is 10.9 Å². The number of aliphatic carboxylic acids is 1. The zero-order valence-corrected chi connectivity index (χ0v) is 14.4. The molecule has 0 radical (unpaired) electrons. The van der Waals surface area contributed by atoms with Gasteiger partial charge in [-0.25, -0.2) is 0 Å². The van der Waals surface area contributed by atoms with Gasteiger partial charge in [-0.1, -0.05) is 23.2 Å². The molecule has 23 heavy (non-hydrogen) atoms. The SMILES string of the molecule is C[C@@H]1[C@H](C(=O)O)CCCN1CC1=Cc2cc(Cl)cc(Cl)c2OC1. The van der Waals surface area contributed by atoms with Crippen molar-refractivity contribution in [1.29, 1.82) is 0 Å². The number of benzene rings is 1. The number of carboxylic acid groups (broad SMARTS) is 1. The van der Waals surface area contributed by atoms with E-state index in [-0.39, 0.29) is 12.0 Å². The summed E-state index contributed by atoms with van der Waals surface area (Å²) in [5.74, 6) is -0.347. The van der Waals surface area contributed by atoms with E-state index in [0.717, 1.165) is 30.5 Å². The molecule has 2 heterocycles. The van der Waals surface area contributed by atoms with Crippen LogP contribution in [-0.4, -0.2) is 41.7 Å². The van der Waals surface area contributed by atoms with Crippen molar-refractivity contribution in [2.75, 3.05) is 19.7 Å². The largest absolute Gasteiger partial charge is 0.487 e. The van der Waals surface area contributed by atoms with Crippen molar-refractivity contribution >= 4 is 35.2 Å². The fourth-order valence-corrected chi connectivity index (χ4v) is 3.95. The van der Waals surface area contributed by atoms with Crippen LogP contribution in [0, 0.1) is 5.92 Å². The highest BCUT2D eigenvalue weighted by Gasteiger charge is 2.33. The molecule has 1 aromatic carbocycles. The number of carboxylic acids is 1. The van der Waals surface area contributed by atoms with Crippen molar-refractivity contribution in [2.45, 2.75) is 25.8 Å². The molecule has 1 fully saturated rings. The Balaban J connectivity index is 1.78. The molecule has 2 atom stereocenters. The van der Waals surface area contributed by atoms with Gasteiger partial charge in [-0.2, -0.15) is 0 Å². The lowest BCUT2D eigenvalue weighted by Gasteiger charge is -2.38. The third-order valence-electron chi connectivity index (χ3n) is 4.64. The van der Waals surface area contributed by atoms with Crippen molar-refractivity contribution in [3.05, 3.63) is 33.3 Å². The molecular formula is C17H19Cl2NO3. The summed E-state index contributed by atoms with van der Waals surface area (Å²) in [5.41, 5.74) is 1.98. The predicted molar refractivity (Wildman–Crippen MR) is 91.3 cm³/mol. The van der Waals surface area contributed by atoms with E-state index in [0.29, 0.717) is 28.9 Å². The quantitative estimate of drug-likeness (QED) is 0.891. The Labute approximate surface area is 145 Å². The Morgan fingerprint density at radius 3 is 2.96 bits per heavy atom. The molecular weight excluding hydrogens is 337 g/mol. The van der Waals surface area contributed by atoms with E-state index in [4.69, 9.17) is 27.9 Å². The first-order chi connectivity index (χ1) is 11.0.